The molecule has 1 fully saturated rings. The Morgan fingerprint density at radius 2 is 1.82 bits per heavy atom. The number of anilines is 1. The lowest BCUT2D eigenvalue weighted by atomic mass is 10.0. The number of nitrogens with one attached hydrogen (secondary N) is 1. The summed E-state index contributed by atoms with van der Waals surface area (Å²) < 4.78 is 15.7. The van der Waals surface area contributed by atoms with Gasteiger partial charge in [-0.3, -0.25) is 0 Å². The average Bonchev–Trinajstić information content (AvgIpc) is 3.41. The van der Waals surface area contributed by atoms with Crippen LogP contribution < -0.4 is 5.32 Å². The number of rotatable bonds is 4. The molecule has 0 amide bonds. The zero-order valence-corrected chi connectivity index (χ0v) is 19.6. The van der Waals surface area contributed by atoms with E-state index in [1.54, 1.807) is 6.07 Å². The summed E-state index contributed by atoms with van der Waals surface area (Å²) in [7, 11) is 1.84. The largest absolute Gasteiger partial charge is 0.378 e. The Morgan fingerprint density at radius 1 is 1.06 bits per heavy atom. The highest BCUT2D eigenvalue weighted by Crippen LogP contribution is 2.29. The van der Waals surface area contributed by atoms with E-state index in [0.717, 1.165) is 18.4 Å². The zero-order chi connectivity index (χ0) is 22.8. The molecule has 0 bridgehead atoms. The monoisotopic (exact) mass is 477 g/mol. The predicted octanol–water partition coefficient (Wildman–Crippen LogP) is 4.86. The van der Waals surface area contributed by atoms with Gasteiger partial charge in [-0.2, -0.15) is 0 Å². The number of aliphatic hydroxyl groups is 1. The Bertz CT molecular complexity index is 1370. The summed E-state index contributed by atoms with van der Waals surface area (Å²) in [4.78, 5) is 14.0. The smallest absolute Gasteiger partial charge is 0.209 e. The van der Waals surface area contributed by atoms with Crippen LogP contribution in [0.5, 0.6) is 0 Å². The third-order valence-electron chi connectivity index (χ3n) is 5.94. The van der Waals surface area contributed by atoms with Gasteiger partial charge < -0.3 is 15.0 Å². The molecule has 1 aliphatic rings. The molecule has 5 rings (SSSR count). The Kier molecular flexibility index (Phi) is 6.82. The van der Waals surface area contributed by atoms with Crippen LogP contribution in [0.1, 0.15) is 37.1 Å². The lowest BCUT2D eigenvalue weighted by Gasteiger charge is -2.12. The Hall–Kier alpha value is -3.47. The highest BCUT2D eigenvalue weighted by Gasteiger charge is 2.28. The number of hydrogen-bond donors (Lipinski definition) is 2. The van der Waals surface area contributed by atoms with Gasteiger partial charge in [-0.15, -0.1) is 12.4 Å². The summed E-state index contributed by atoms with van der Waals surface area (Å²) in [5, 5.41) is 14.0. The number of aromatic nitrogens is 4. The van der Waals surface area contributed by atoms with Crippen LogP contribution in [0, 0.1) is 17.7 Å². The van der Waals surface area contributed by atoms with E-state index in [4.69, 9.17) is 4.98 Å². The van der Waals surface area contributed by atoms with Crippen LogP contribution >= 0.6 is 12.4 Å². The topological polar surface area (TPSA) is 75.9 Å². The molecule has 2 N–H and O–H groups in total. The third-order valence-corrected chi connectivity index (χ3v) is 5.94. The van der Waals surface area contributed by atoms with Gasteiger partial charge in [0, 0.05) is 19.2 Å². The molecule has 1 saturated carbocycles. The van der Waals surface area contributed by atoms with Gasteiger partial charge in [0.2, 0.25) is 5.82 Å². The second kappa shape index (κ2) is 9.80. The number of hydrogen-bond acceptors (Lipinski definition) is 5. The van der Waals surface area contributed by atoms with Crippen molar-refractivity contribution >= 4 is 29.4 Å². The van der Waals surface area contributed by atoms with Crippen LogP contribution in [0.15, 0.2) is 54.6 Å². The minimum Gasteiger partial charge on any atom is -0.378 e. The number of imidazole rings is 1. The first-order valence-electron chi connectivity index (χ1n) is 11.0. The number of aryl methyl sites for hydroxylation is 1. The van der Waals surface area contributed by atoms with E-state index >= 15 is 0 Å². The van der Waals surface area contributed by atoms with Gasteiger partial charge in [0.05, 0.1) is 0 Å². The normalized spacial score (nSPS) is 14.3. The van der Waals surface area contributed by atoms with Gasteiger partial charge in [-0.1, -0.05) is 48.4 Å². The molecule has 34 heavy (non-hydrogen) atoms. The first kappa shape index (κ1) is 23.7. The van der Waals surface area contributed by atoms with Crippen molar-refractivity contribution in [2.45, 2.75) is 37.8 Å². The third kappa shape index (κ3) is 4.89. The molecule has 0 unspecified atom stereocenters. The van der Waals surface area contributed by atoms with Crippen molar-refractivity contribution in [3.63, 3.8) is 0 Å². The van der Waals surface area contributed by atoms with Gasteiger partial charge in [0.25, 0.3) is 0 Å². The summed E-state index contributed by atoms with van der Waals surface area (Å²) in [6.45, 7) is 0.551. The molecule has 0 aliphatic heterocycles. The Balaban J connectivity index is 0.00000274. The van der Waals surface area contributed by atoms with E-state index in [9.17, 15) is 9.50 Å². The van der Waals surface area contributed by atoms with Crippen LogP contribution in [0.3, 0.4) is 0 Å². The summed E-state index contributed by atoms with van der Waals surface area (Å²) in [5.41, 5.74) is 1.94. The van der Waals surface area contributed by atoms with Crippen molar-refractivity contribution in [2.75, 3.05) is 5.32 Å². The van der Waals surface area contributed by atoms with E-state index in [1.807, 2.05) is 48.0 Å². The highest BCUT2D eigenvalue weighted by molar-refractivity contribution is 5.87. The maximum absolute atomic E-state index is 13.9. The fourth-order valence-corrected chi connectivity index (χ4v) is 4.16. The summed E-state index contributed by atoms with van der Waals surface area (Å²) in [6, 6.07) is 16.3. The fraction of sp³-hybridized carbons (Fsp3) is 0.269. The van der Waals surface area contributed by atoms with Crippen molar-refractivity contribution in [3.8, 4) is 23.2 Å². The van der Waals surface area contributed by atoms with E-state index in [0.29, 0.717) is 53.6 Å². The Morgan fingerprint density at radius 3 is 2.56 bits per heavy atom. The molecule has 0 radical (unpaired) electrons. The van der Waals surface area contributed by atoms with Gasteiger partial charge in [-0.25, -0.2) is 19.3 Å². The number of fused-ring (bicyclic) bond motifs is 1. The highest BCUT2D eigenvalue weighted by atomic mass is 35.5. The molecule has 1 aliphatic carbocycles. The molecular formula is C26H25ClFN5O. The van der Waals surface area contributed by atoms with Crippen molar-refractivity contribution in [1.82, 2.24) is 19.5 Å². The quantitative estimate of drug-likeness (QED) is 0.410. The molecule has 2 heterocycles. The minimum absolute atomic E-state index is 0. The molecule has 8 heteroatoms. The predicted molar refractivity (Wildman–Crippen MR) is 133 cm³/mol. The van der Waals surface area contributed by atoms with Crippen molar-refractivity contribution in [3.05, 3.63) is 71.8 Å². The molecule has 0 spiro atoms. The van der Waals surface area contributed by atoms with Crippen LogP contribution in [0.2, 0.25) is 0 Å². The number of halogens is 2. The molecule has 2 aromatic heterocycles. The Labute approximate surface area is 203 Å². The van der Waals surface area contributed by atoms with Gasteiger partial charge in [0.1, 0.15) is 17.2 Å². The lowest BCUT2D eigenvalue weighted by Crippen LogP contribution is -2.21. The molecule has 6 nitrogen and oxygen atoms in total. The van der Waals surface area contributed by atoms with E-state index < -0.39 is 5.60 Å². The van der Waals surface area contributed by atoms with Crippen LogP contribution in [0.25, 0.3) is 22.6 Å². The second-order valence-corrected chi connectivity index (χ2v) is 8.40. The minimum atomic E-state index is -0.977. The van der Waals surface area contributed by atoms with E-state index in [2.05, 4.69) is 27.1 Å². The van der Waals surface area contributed by atoms with Crippen molar-refractivity contribution in [2.24, 2.45) is 7.05 Å². The molecule has 2 aromatic carbocycles. The van der Waals surface area contributed by atoms with Gasteiger partial charge in [0.15, 0.2) is 17.0 Å². The first-order valence-corrected chi connectivity index (χ1v) is 11.0. The second-order valence-electron chi connectivity index (χ2n) is 8.40. The molecule has 174 valence electrons. The standard InChI is InChI=1S/C26H24FN5O.ClH/c1-32-24(19-10-7-11-20(27)16-19)31-22-23(28-17-18-8-3-2-4-9-18)29-21(30-25(22)32)12-15-26(33)13-5-6-14-26;/h2-4,7-11,16,33H,5-6,13-14,17H2,1H3,(H,28,29,30);1H. The summed E-state index contributed by atoms with van der Waals surface area (Å²) >= 11 is 0. The van der Waals surface area contributed by atoms with Crippen LogP contribution in [-0.2, 0) is 13.6 Å². The van der Waals surface area contributed by atoms with Gasteiger partial charge in [-0.05, 0) is 49.3 Å². The average molecular weight is 478 g/mol. The number of benzene rings is 2. The zero-order valence-electron chi connectivity index (χ0n) is 18.8. The van der Waals surface area contributed by atoms with Crippen LogP contribution in [0.4, 0.5) is 10.2 Å². The van der Waals surface area contributed by atoms with Crippen molar-refractivity contribution in [1.29, 1.82) is 0 Å². The molecule has 4 aromatic rings. The van der Waals surface area contributed by atoms with Crippen LogP contribution in [-0.4, -0.2) is 30.2 Å². The van der Waals surface area contributed by atoms with Gasteiger partial charge >= 0.3 is 0 Å². The molecule has 0 atom stereocenters. The molecular weight excluding hydrogens is 453 g/mol. The maximum Gasteiger partial charge on any atom is 0.209 e. The molecule has 0 saturated heterocycles. The fourth-order valence-electron chi connectivity index (χ4n) is 4.16. The number of nitrogens with zero attached hydrogens (tertiary/aromatic N) is 4. The summed E-state index contributed by atoms with van der Waals surface area (Å²) in [5.74, 6) is 7.07. The van der Waals surface area contributed by atoms with Crippen molar-refractivity contribution < 1.29 is 9.50 Å². The lowest BCUT2D eigenvalue weighted by molar-refractivity contribution is 0.110. The summed E-state index contributed by atoms with van der Waals surface area (Å²) in [6.07, 6.45) is 3.26. The first-order chi connectivity index (χ1) is 16.0. The SMILES string of the molecule is Cl.Cn1c(-c2cccc(F)c2)nc2c(NCc3ccccc3)nc(C#CC3(O)CCCC3)nc21. The van der Waals surface area contributed by atoms with E-state index in [-0.39, 0.29) is 18.2 Å². The van der Waals surface area contributed by atoms with E-state index in [1.165, 1.54) is 12.1 Å². The maximum atomic E-state index is 13.9.